The van der Waals surface area contributed by atoms with E-state index in [1.165, 1.54) is 25.7 Å². The molecule has 1 aliphatic rings. The number of nitrogens with zero attached hydrogens (tertiary/aromatic N) is 1. The second kappa shape index (κ2) is 6.24. The Morgan fingerprint density at radius 3 is 2.39 bits per heavy atom. The third kappa shape index (κ3) is 3.05. The molecule has 0 heterocycles. The van der Waals surface area contributed by atoms with Crippen molar-refractivity contribution in [1.29, 1.82) is 0 Å². The zero-order valence-corrected chi connectivity index (χ0v) is 11.6. The van der Waals surface area contributed by atoms with Crippen LogP contribution < -0.4 is 0 Å². The normalized spacial score (nSPS) is 17.2. The molecule has 0 saturated heterocycles. The molecule has 1 amide bonds. The fourth-order valence-corrected chi connectivity index (χ4v) is 2.85. The van der Waals surface area contributed by atoms with Crippen LogP contribution >= 0.6 is 11.6 Å². The summed E-state index contributed by atoms with van der Waals surface area (Å²) in [5.41, 5.74) is 0.617. The molecule has 0 N–H and O–H groups in total. The molecular formula is C15H20ClNO. The Bertz CT molecular complexity index is 411. The van der Waals surface area contributed by atoms with Crippen molar-refractivity contribution in [3.05, 3.63) is 34.9 Å². The molecule has 2 rings (SSSR count). The molecule has 1 aromatic rings. The number of amides is 1. The minimum absolute atomic E-state index is 0.0486. The number of halogens is 1. The molecule has 18 heavy (non-hydrogen) atoms. The van der Waals surface area contributed by atoms with Crippen molar-refractivity contribution in [2.45, 2.75) is 44.6 Å². The molecule has 0 radical (unpaired) electrons. The third-order valence-corrected chi connectivity index (χ3v) is 4.13. The Balaban J connectivity index is 2.10. The maximum atomic E-state index is 12.4. The van der Waals surface area contributed by atoms with Crippen molar-refractivity contribution >= 4 is 17.5 Å². The molecule has 2 nitrogen and oxygen atoms in total. The third-order valence-electron chi connectivity index (χ3n) is 3.80. The quantitative estimate of drug-likeness (QED) is 0.736. The van der Waals surface area contributed by atoms with E-state index < -0.39 is 0 Å². The number of carbonyl (C=O) groups is 1. The van der Waals surface area contributed by atoms with Crippen LogP contribution in [0.3, 0.4) is 0 Å². The van der Waals surface area contributed by atoms with Gasteiger partial charge in [-0.1, -0.05) is 49.4 Å². The number of hydrogen-bond donors (Lipinski definition) is 0. The van der Waals surface area contributed by atoms with Gasteiger partial charge in [0.2, 0.25) is 0 Å². The predicted molar refractivity (Wildman–Crippen MR) is 75.0 cm³/mol. The fraction of sp³-hybridized carbons (Fsp3) is 0.533. The highest BCUT2D eigenvalue weighted by atomic mass is 35.5. The highest BCUT2D eigenvalue weighted by molar-refractivity contribution is 6.33. The molecule has 1 saturated carbocycles. The largest absolute Gasteiger partial charge is 0.339 e. The molecule has 0 bridgehead atoms. The molecule has 0 atom stereocenters. The lowest BCUT2D eigenvalue weighted by Crippen LogP contribution is -2.36. The summed E-state index contributed by atoms with van der Waals surface area (Å²) in [6.45, 7) is 0. The van der Waals surface area contributed by atoms with Gasteiger partial charge in [-0.3, -0.25) is 4.79 Å². The second-order valence-electron chi connectivity index (χ2n) is 5.04. The Kier molecular flexibility index (Phi) is 4.65. The number of hydrogen-bond acceptors (Lipinski definition) is 1. The van der Waals surface area contributed by atoms with Crippen LogP contribution in [0.4, 0.5) is 0 Å². The zero-order valence-electron chi connectivity index (χ0n) is 10.9. The summed E-state index contributed by atoms with van der Waals surface area (Å²) < 4.78 is 0. The molecule has 0 aromatic heterocycles. The van der Waals surface area contributed by atoms with Crippen LogP contribution in [0, 0.1) is 0 Å². The molecular weight excluding hydrogens is 246 g/mol. The highest BCUT2D eigenvalue weighted by Gasteiger charge is 2.23. The van der Waals surface area contributed by atoms with Crippen LogP contribution in [0.1, 0.15) is 48.9 Å². The Labute approximate surface area is 114 Å². The van der Waals surface area contributed by atoms with Gasteiger partial charge >= 0.3 is 0 Å². The first-order valence-electron chi connectivity index (χ1n) is 6.72. The first kappa shape index (κ1) is 13.4. The minimum Gasteiger partial charge on any atom is -0.339 e. The average Bonchev–Trinajstić information content (AvgIpc) is 2.66. The van der Waals surface area contributed by atoms with Crippen molar-refractivity contribution < 1.29 is 4.79 Å². The molecule has 1 aromatic carbocycles. The topological polar surface area (TPSA) is 20.3 Å². The lowest BCUT2D eigenvalue weighted by molar-refractivity contribution is 0.0718. The van der Waals surface area contributed by atoms with Gasteiger partial charge in [0, 0.05) is 13.1 Å². The first-order chi connectivity index (χ1) is 8.70. The molecule has 0 aliphatic heterocycles. The first-order valence-corrected chi connectivity index (χ1v) is 7.09. The smallest absolute Gasteiger partial charge is 0.255 e. The van der Waals surface area contributed by atoms with Crippen molar-refractivity contribution in [3.63, 3.8) is 0 Å². The van der Waals surface area contributed by atoms with Crippen LogP contribution in [0.2, 0.25) is 5.02 Å². The van der Waals surface area contributed by atoms with Crippen LogP contribution in [-0.4, -0.2) is 23.9 Å². The van der Waals surface area contributed by atoms with Gasteiger partial charge < -0.3 is 4.90 Å². The summed E-state index contributed by atoms with van der Waals surface area (Å²) >= 11 is 6.09. The zero-order chi connectivity index (χ0) is 13.0. The average molecular weight is 266 g/mol. The Morgan fingerprint density at radius 1 is 1.17 bits per heavy atom. The predicted octanol–water partition coefficient (Wildman–Crippen LogP) is 4.13. The maximum Gasteiger partial charge on any atom is 0.255 e. The van der Waals surface area contributed by atoms with E-state index in [0.29, 0.717) is 16.6 Å². The second-order valence-corrected chi connectivity index (χ2v) is 5.45. The van der Waals surface area contributed by atoms with Crippen LogP contribution in [0.15, 0.2) is 24.3 Å². The van der Waals surface area contributed by atoms with Crippen molar-refractivity contribution in [2.24, 2.45) is 0 Å². The fourth-order valence-electron chi connectivity index (χ4n) is 2.64. The van der Waals surface area contributed by atoms with E-state index in [4.69, 9.17) is 11.6 Å². The molecule has 1 aliphatic carbocycles. The summed E-state index contributed by atoms with van der Waals surface area (Å²) in [7, 11) is 1.90. The highest BCUT2D eigenvalue weighted by Crippen LogP contribution is 2.24. The van der Waals surface area contributed by atoms with E-state index in [0.717, 1.165) is 12.8 Å². The lowest BCUT2D eigenvalue weighted by Gasteiger charge is -2.27. The van der Waals surface area contributed by atoms with Gasteiger partial charge in [0.15, 0.2) is 0 Å². The van der Waals surface area contributed by atoms with Crippen LogP contribution in [-0.2, 0) is 0 Å². The van der Waals surface area contributed by atoms with Gasteiger partial charge in [0.25, 0.3) is 5.91 Å². The molecule has 0 spiro atoms. The van der Waals surface area contributed by atoms with E-state index in [9.17, 15) is 4.79 Å². The summed E-state index contributed by atoms with van der Waals surface area (Å²) in [6.07, 6.45) is 7.28. The van der Waals surface area contributed by atoms with Gasteiger partial charge in [-0.15, -0.1) is 0 Å². The van der Waals surface area contributed by atoms with E-state index >= 15 is 0 Å². The van der Waals surface area contributed by atoms with E-state index in [1.54, 1.807) is 12.1 Å². The maximum absolute atomic E-state index is 12.4. The molecule has 1 fully saturated rings. The van der Waals surface area contributed by atoms with Gasteiger partial charge in [0.05, 0.1) is 10.6 Å². The SMILES string of the molecule is CN(C(=O)c1ccccc1Cl)C1CCCCCC1. The van der Waals surface area contributed by atoms with Crippen molar-refractivity contribution in [3.8, 4) is 0 Å². The van der Waals surface area contributed by atoms with Gasteiger partial charge in [-0.25, -0.2) is 0 Å². The van der Waals surface area contributed by atoms with Crippen LogP contribution in [0.25, 0.3) is 0 Å². The lowest BCUT2D eigenvalue weighted by atomic mass is 10.1. The minimum atomic E-state index is 0.0486. The van der Waals surface area contributed by atoms with E-state index in [-0.39, 0.29) is 5.91 Å². The summed E-state index contributed by atoms with van der Waals surface area (Å²) in [5, 5.41) is 0.544. The van der Waals surface area contributed by atoms with Gasteiger partial charge in [-0.2, -0.15) is 0 Å². The van der Waals surface area contributed by atoms with E-state index in [1.807, 2.05) is 24.1 Å². The molecule has 0 unspecified atom stereocenters. The van der Waals surface area contributed by atoms with Gasteiger partial charge in [0.1, 0.15) is 0 Å². The summed E-state index contributed by atoms with van der Waals surface area (Å²) in [6, 6.07) is 7.66. The molecule has 3 heteroatoms. The number of rotatable bonds is 2. The Hall–Kier alpha value is -1.02. The van der Waals surface area contributed by atoms with Crippen molar-refractivity contribution in [1.82, 2.24) is 4.90 Å². The standard InChI is InChI=1S/C15H20ClNO/c1-17(12-8-4-2-3-5-9-12)15(18)13-10-6-7-11-14(13)16/h6-7,10-12H,2-5,8-9H2,1H3. The summed E-state index contributed by atoms with van der Waals surface area (Å²) in [5.74, 6) is 0.0486. The van der Waals surface area contributed by atoms with Crippen molar-refractivity contribution in [2.75, 3.05) is 7.05 Å². The molecule has 98 valence electrons. The van der Waals surface area contributed by atoms with Gasteiger partial charge in [-0.05, 0) is 25.0 Å². The number of carbonyl (C=O) groups excluding carboxylic acids is 1. The monoisotopic (exact) mass is 265 g/mol. The van der Waals surface area contributed by atoms with E-state index in [2.05, 4.69) is 0 Å². The Morgan fingerprint density at radius 2 is 1.78 bits per heavy atom. The van der Waals surface area contributed by atoms with Crippen LogP contribution in [0.5, 0.6) is 0 Å². The number of benzene rings is 1. The summed E-state index contributed by atoms with van der Waals surface area (Å²) in [4.78, 5) is 14.3.